The Bertz CT molecular complexity index is 985. The first-order valence-corrected chi connectivity index (χ1v) is 14.1. The topological polar surface area (TPSA) is 53.1 Å². The number of piperidine rings is 1. The van der Waals surface area contributed by atoms with Crippen LogP contribution in [0, 0.1) is 0 Å². The van der Waals surface area contributed by atoms with Gasteiger partial charge in [-0.2, -0.15) is 4.31 Å². The SMILES string of the molecule is COc1cccc(S(=O)(=O)N(CCN2CCCC2)C2CCN(CCCc3ccccc3)CC2)c1. The average Bonchev–Trinajstić information content (AvgIpc) is 3.39. The smallest absolute Gasteiger partial charge is 0.243 e. The van der Waals surface area contributed by atoms with Gasteiger partial charge in [-0.15, -0.1) is 0 Å². The van der Waals surface area contributed by atoms with Gasteiger partial charge in [-0.3, -0.25) is 0 Å². The minimum Gasteiger partial charge on any atom is -0.497 e. The summed E-state index contributed by atoms with van der Waals surface area (Å²) in [5, 5.41) is 0. The molecular weight excluding hydrogens is 446 g/mol. The van der Waals surface area contributed by atoms with Crippen LogP contribution in [0.4, 0.5) is 0 Å². The molecule has 4 rings (SSSR count). The average molecular weight is 486 g/mol. The van der Waals surface area contributed by atoms with E-state index in [-0.39, 0.29) is 6.04 Å². The minimum absolute atomic E-state index is 0.0455. The third-order valence-corrected chi connectivity index (χ3v) is 9.18. The van der Waals surface area contributed by atoms with Crippen LogP contribution in [0.25, 0.3) is 0 Å². The number of nitrogens with zero attached hydrogens (tertiary/aromatic N) is 3. The monoisotopic (exact) mass is 485 g/mol. The molecule has 0 N–H and O–H groups in total. The molecule has 0 unspecified atom stereocenters. The third kappa shape index (κ3) is 6.60. The molecule has 0 bridgehead atoms. The second-order valence-corrected chi connectivity index (χ2v) is 11.4. The van der Waals surface area contributed by atoms with Crippen molar-refractivity contribution in [3.05, 3.63) is 60.2 Å². The van der Waals surface area contributed by atoms with Gasteiger partial charge in [0.05, 0.1) is 12.0 Å². The number of aryl methyl sites for hydroxylation is 1. The van der Waals surface area contributed by atoms with E-state index in [0.717, 1.165) is 65.0 Å². The van der Waals surface area contributed by atoms with E-state index in [1.54, 1.807) is 35.7 Å². The van der Waals surface area contributed by atoms with Crippen LogP contribution in [0.2, 0.25) is 0 Å². The zero-order valence-corrected chi connectivity index (χ0v) is 21.3. The first-order chi connectivity index (χ1) is 16.6. The Morgan fingerprint density at radius 1 is 0.912 bits per heavy atom. The summed E-state index contributed by atoms with van der Waals surface area (Å²) >= 11 is 0. The zero-order valence-electron chi connectivity index (χ0n) is 20.4. The molecule has 186 valence electrons. The van der Waals surface area contributed by atoms with Crippen molar-refractivity contribution in [2.45, 2.75) is 49.5 Å². The highest BCUT2D eigenvalue weighted by atomic mass is 32.2. The van der Waals surface area contributed by atoms with Gasteiger partial charge in [0.1, 0.15) is 5.75 Å². The Kier molecular flexibility index (Phi) is 9.00. The molecule has 2 heterocycles. The van der Waals surface area contributed by atoms with E-state index in [4.69, 9.17) is 4.74 Å². The molecule has 6 nitrogen and oxygen atoms in total. The van der Waals surface area contributed by atoms with E-state index in [0.29, 0.717) is 17.2 Å². The van der Waals surface area contributed by atoms with Gasteiger partial charge in [0.2, 0.25) is 10.0 Å². The quantitative estimate of drug-likeness (QED) is 0.484. The summed E-state index contributed by atoms with van der Waals surface area (Å²) in [5.41, 5.74) is 1.38. The number of benzene rings is 2. The number of methoxy groups -OCH3 is 1. The Morgan fingerprint density at radius 2 is 1.62 bits per heavy atom. The summed E-state index contributed by atoms with van der Waals surface area (Å²) in [7, 11) is -2.01. The molecule has 2 aliphatic rings. The highest BCUT2D eigenvalue weighted by Crippen LogP contribution is 2.27. The second kappa shape index (κ2) is 12.2. The lowest BCUT2D eigenvalue weighted by molar-refractivity contribution is 0.151. The number of sulfonamides is 1. The lowest BCUT2D eigenvalue weighted by atomic mass is 10.0. The lowest BCUT2D eigenvalue weighted by Gasteiger charge is -2.38. The van der Waals surface area contributed by atoms with Crippen LogP contribution in [0.15, 0.2) is 59.5 Å². The molecule has 34 heavy (non-hydrogen) atoms. The molecule has 2 aromatic carbocycles. The Hall–Kier alpha value is -1.93. The molecule has 0 saturated carbocycles. The van der Waals surface area contributed by atoms with Gasteiger partial charge in [-0.25, -0.2) is 8.42 Å². The summed E-state index contributed by atoms with van der Waals surface area (Å²) in [6.45, 7) is 6.48. The predicted octanol–water partition coefficient (Wildman–Crippen LogP) is 3.88. The molecule has 2 fully saturated rings. The van der Waals surface area contributed by atoms with Crippen molar-refractivity contribution in [1.82, 2.24) is 14.1 Å². The molecule has 0 spiro atoms. The van der Waals surface area contributed by atoms with Gasteiger partial charge in [0, 0.05) is 25.2 Å². The van der Waals surface area contributed by atoms with Crippen LogP contribution < -0.4 is 4.74 Å². The molecule has 2 saturated heterocycles. The summed E-state index contributed by atoms with van der Waals surface area (Å²) in [4.78, 5) is 5.22. The fourth-order valence-electron chi connectivity index (χ4n) is 5.22. The molecule has 0 atom stereocenters. The van der Waals surface area contributed by atoms with Gasteiger partial charge >= 0.3 is 0 Å². The van der Waals surface area contributed by atoms with Crippen molar-refractivity contribution < 1.29 is 13.2 Å². The van der Waals surface area contributed by atoms with E-state index < -0.39 is 10.0 Å². The van der Waals surface area contributed by atoms with Gasteiger partial charge in [0.25, 0.3) is 0 Å². The number of ether oxygens (including phenoxy) is 1. The first kappa shape index (κ1) is 25.2. The summed E-state index contributed by atoms with van der Waals surface area (Å²) in [6.07, 6.45) is 6.42. The lowest BCUT2D eigenvalue weighted by Crippen LogP contribution is -2.49. The first-order valence-electron chi connectivity index (χ1n) is 12.7. The largest absolute Gasteiger partial charge is 0.497 e. The maximum atomic E-state index is 13.8. The number of rotatable bonds is 11. The Morgan fingerprint density at radius 3 is 2.32 bits per heavy atom. The molecule has 2 aromatic rings. The summed E-state index contributed by atoms with van der Waals surface area (Å²) < 4.78 is 34.6. The number of hydrogen-bond donors (Lipinski definition) is 0. The maximum absolute atomic E-state index is 13.8. The molecule has 7 heteroatoms. The predicted molar refractivity (Wildman–Crippen MR) is 137 cm³/mol. The molecule has 0 radical (unpaired) electrons. The number of hydrogen-bond acceptors (Lipinski definition) is 5. The van der Waals surface area contributed by atoms with E-state index in [1.807, 2.05) is 0 Å². The van der Waals surface area contributed by atoms with Crippen molar-refractivity contribution in [3.8, 4) is 5.75 Å². The van der Waals surface area contributed by atoms with Crippen LogP contribution in [-0.4, -0.2) is 81.5 Å². The molecular formula is C27H39N3O3S. The summed E-state index contributed by atoms with van der Waals surface area (Å²) in [5.74, 6) is 0.578. The fraction of sp³-hybridized carbons (Fsp3) is 0.556. The van der Waals surface area contributed by atoms with Crippen molar-refractivity contribution in [3.63, 3.8) is 0 Å². The van der Waals surface area contributed by atoms with Gasteiger partial charge in [-0.1, -0.05) is 36.4 Å². The normalized spacial score (nSPS) is 18.5. The zero-order chi connectivity index (χ0) is 23.8. The molecule has 0 aromatic heterocycles. The van der Waals surface area contributed by atoms with Gasteiger partial charge < -0.3 is 14.5 Å². The van der Waals surface area contributed by atoms with Crippen LogP contribution in [0.3, 0.4) is 0 Å². The Labute approximate surface area is 205 Å². The molecule has 0 aliphatic carbocycles. The maximum Gasteiger partial charge on any atom is 0.243 e. The van der Waals surface area contributed by atoms with Crippen LogP contribution >= 0.6 is 0 Å². The van der Waals surface area contributed by atoms with Gasteiger partial charge in [0.15, 0.2) is 0 Å². The van der Waals surface area contributed by atoms with Crippen LogP contribution in [-0.2, 0) is 16.4 Å². The highest BCUT2D eigenvalue weighted by Gasteiger charge is 2.34. The van der Waals surface area contributed by atoms with Crippen molar-refractivity contribution in [2.75, 3.05) is 52.9 Å². The van der Waals surface area contributed by atoms with Gasteiger partial charge in [-0.05, 0) is 88.9 Å². The van der Waals surface area contributed by atoms with Crippen molar-refractivity contribution in [1.29, 1.82) is 0 Å². The molecule has 0 amide bonds. The van der Waals surface area contributed by atoms with Crippen LogP contribution in [0.1, 0.15) is 37.7 Å². The van der Waals surface area contributed by atoms with E-state index in [9.17, 15) is 8.42 Å². The second-order valence-electron chi connectivity index (χ2n) is 9.51. The Balaban J connectivity index is 1.38. The number of likely N-dealkylation sites (tertiary alicyclic amines) is 2. The standard InChI is InChI=1S/C27H39N3O3S/c1-33-26-12-7-13-27(23-26)34(31,32)30(22-21-28-16-5-6-17-28)25-14-19-29(20-15-25)18-8-11-24-9-3-2-4-10-24/h2-4,7,9-10,12-13,23,25H,5-6,8,11,14-22H2,1H3. The van der Waals surface area contributed by atoms with E-state index in [2.05, 4.69) is 40.1 Å². The third-order valence-electron chi connectivity index (χ3n) is 7.23. The fourth-order valence-corrected chi connectivity index (χ4v) is 6.94. The summed E-state index contributed by atoms with van der Waals surface area (Å²) in [6, 6.07) is 17.6. The van der Waals surface area contributed by atoms with E-state index >= 15 is 0 Å². The van der Waals surface area contributed by atoms with Crippen molar-refractivity contribution in [2.24, 2.45) is 0 Å². The van der Waals surface area contributed by atoms with E-state index in [1.165, 1.54) is 18.4 Å². The minimum atomic E-state index is -3.59. The highest BCUT2D eigenvalue weighted by molar-refractivity contribution is 7.89. The van der Waals surface area contributed by atoms with Crippen molar-refractivity contribution >= 4 is 10.0 Å². The molecule has 2 aliphatic heterocycles. The van der Waals surface area contributed by atoms with Crippen LogP contribution in [0.5, 0.6) is 5.75 Å².